The Kier molecular flexibility index (Phi) is 5.30. The van der Waals surface area contributed by atoms with Crippen LogP contribution in [-0.2, 0) is 4.74 Å². The molecule has 4 heteroatoms. The van der Waals surface area contributed by atoms with Crippen molar-refractivity contribution in [1.82, 2.24) is 5.32 Å². The van der Waals surface area contributed by atoms with E-state index in [-0.39, 0.29) is 6.10 Å². The molecule has 2 rings (SSSR count). The summed E-state index contributed by atoms with van der Waals surface area (Å²) in [7, 11) is 0. The molecule has 1 aliphatic heterocycles. The first kappa shape index (κ1) is 13.2. The maximum absolute atomic E-state index is 5.71. The smallest absolute Gasteiger partial charge is 0.142 e. The summed E-state index contributed by atoms with van der Waals surface area (Å²) in [6.45, 7) is 6.31. The minimum Gasteiger partial charge on any atom is -0.491 e. The number of hydrogen-bond donors (Lipinski definition) is 2. The average Bonchev–Trinajstić information content (AvgIpc) is 2.45. The first-order chi connectivity index (χ1) is 8.90. The van der Waals surface area contributed by atoms with Gasteiger partial charge in [-0.1, -0.05) is 19.1 Å². The number of hydrogen-bond acceptors (Lipinski definition) is 4. The lowest BCUT2D eigenvalue weighted by Crippen LogP contribution is -2.42. The molecule has 1 aliphatic rings. The van der Waals surface area contributed by atoms with Crippen molar-refractivity contribution in [3.63, 3.8) is 0 Å². The Labute approximate surface area is 109 Å². The third-order valence-corrected chi connectivity index (χ3v) is 2.87. The third kappa shape index (κ3) is 3.89. The van der Waals surface area contributed by atoms with Crippen LogP contribution in [0.2, 0.25) is 0 Å². The van der Waals surface area contributed by atoms with Crippen LogP contribution in [0.15, 0.2) is 24.3 Å². The number of morpholine rings is 1. The molecular weight excluding hydrogens is 228 g/mol. The summed E-state index contributed by atoms with van der Waals surface area (Å²) in [4.78, 5) is 0. The highest BCUT2D eigenvalue weighted by Crippen LogP contribution is 2.23. The summed E-state index contributed by atoms with van der Waals surface area (Å²) in [5.74, 6) is 0.920. The number of nitrogens with one attached hydrogen (secondary N) is 2. The van der Waals surface area contributed by atoms with Gasteiger partial charge < -0.3 is 20.1 Å². The van der Waals surface area contributed by atoms with Gasteiger partial charge in [0, 0.05) is 19.6 Å². The van der Waals surface area contributed by atoms with Crippen LogP contribution in [0.25, 0.3) is 0 Å². The minimum atomic E-state index is 0.234. The fourth-order valence-electron chi connectivity index (χ4n) is 1.93. The van der Waals surface area contributed by atoms with E-state index >= 15 is 0 Å². The second kappa shape index (κ2) is 7.24. The van der Waals surface area contributed by atoms with Crippen LogP contribution in [0, 0.1) is 0 Å². The Morgan fingerprint density at radius 1 is 1.44 bits per heavy atom. The molecule has 1 aromatic rings. The van der Waals surface area contributed by atoms with Gasteiger partial charge in [0.1, 0.15) is 5.75 Å². The fraction of sp³-hybridized carbons (Fsp3) is 0.571. The van der Waals surface area contributed by atoms with E-state index in [9.17, 15) is 0 Å². The second-order valence-electron chi connectivity index (χ2n) is 4.42. The van der Waals surface area contributed by atoms with Gasteiger partial charge >= 0.3 is 0 Å². The second-order valence-corrected chi connectivity index (χ2v) is 4.42. The molecule has 0 amide bonds. The van der Waals surface area contributed by atoms with Crippen LogP contribution in [0.5, 0.6) is 5.75 Å². The third-order valence-electron chi connectivity index (χ3n) is 2.87. The van der Waals surface area contributed by atoms with E-state index < -0.39 is 0 Å². The van der Waals surface area contributed by atoms with E-state index in [1.165, 1.54) is 0 Å². The first-order valence-electron chi connectivity index (χ1n) is 6.68. The Balaban J connectivity index is 1.87. The molecule has 0 spiro atoms. The van der Waals surface area contributed by atoms with Crippen molar-refractivity contribution in [2.24, 2.45) is 0 Å². The van der Waals surface area contributed by atoms with Gasteiger partial charge in [-0.05, 0) is 18.6 Å². The van der Waals surface area contributed by atoms with Gasteiger partial charge in [0.05, 0.1) is 25.0 Å². The molecule has 18 heavy (non-hydrogen) atoms. The summed E-state index contributed by atoms with van der Waals surface area (Å²) in [5, 5.41) is 6.73. The van der Waals surface area contributed by atoms with Crippen molar-refractivity contribution in [3.05, 3.63) is 24.3 Å². The number of ether oxygens (including phenoxy) is 2. The molecular formula is C14H22N2O2. The van der Waals surface area contributed by atoms with E-state index in [2.05, 4.69) is 17.6 Å². The molecule has 0 bridgehead atoms. The van der Waals surface area contributed by atoms with Gasteiger partial charge in [0.25, 0.3) is 0 Å². The highest BCUT2D eigenvalue weighted by Gasteiger charge is 2.13. The van der Waals surface area contributed by atoms with Crippen LogP contribution in [0.3, 0.4) is 0 Å². The summed E-state index contributed by atoms with van der Waals surface area (Å²) < 4.78 is 11.4. The van der Waals surface area contributed by atoms with Crippen molar-refractivity contribution in [2.45, 2.75) is 19.4 Å². The number of anilines is 1. The monoisotopic (exact) mass is 250 g/mol. The molecule has 0 unspecified atom stereocenters. The maximum Gasteiger partial charge on any atom is 0.142 e. The molecule has 0 saturated carbocycles. The Morgan fingerprint density at radius 2 is 2.33 bits per heavy atom. The van der Waals surface area contributed by atoms with E-state index in [1.807, 2.05) is 24.3 Å². The molecule has 4 nitrogen and oxygen atoms in total. The summed E-state index contributed by atoms with van der Waals surface area (Å²) in [5.41, 5.74) is 1.04. The van der Waals surface area contributed by atoms with Gasteiger partial charge in [-0.2, -0.15) is 0 Å². The Hall–Kier alpha value is -1.26. The van der Waals surface area contributed by atoms with Gasteiger partial charge in [-0.15, -0.1) is 0 Å². The lowest BCUT2D eigenvalue weighted by atomic mass is 10.2. The van der Waals surface area contributed by atoms with Crippen molar-refractivity contribution in [1.29, 1.82) is 0 Å². The molecule has 1 fully saturated rings. The van der Waals surface area contributed by atoms with Crippen molar-refractivity contribution in [2.75, 3.05) is 38.2 Å². The quantitative estimate of drug-likeness (QED) is 0.809. The van der Waals surface area contributed by atoms with E-state index in [0.717, 1.165) is 50.7 Å². The first-order valence-corrected chi connectivity index (χ1v) is 6.68. The molecule has 1 atom stereocenters. The highest BCUT2D eigenvalue weighted by atomic mass is 16.5. The van der Waals surface area contributed by atoms with Crippen LogP contribution in [-0.4, -0.2) is 39.0 Å². The van der Waals surface area contributed by atoms with Crippen molar-refractivity contribution >= 4 is 5.69 Å². The molecule has 1 saturated heterocycles. The minimum absolute atomic E-state index is 0.234. The average molecular weight is 250 g/mol. The standard InChI is InChI=1S/C14H22N2O2/c1-2-8-18-14-6-4-3-5-13(14)16-11-12-10-15-7-9-17-12/h3-6,12,15-16H,2,7-11H2,1H3/t12-/m1/s1. The van der Waals surface area contributed by atoms with Crippen LogP contribution >= 0.6 is 0 Å². The number of benzene rings is 1. The van der Waals surface area contributed by atoms with Crippen molar-refractivity contribution in [3.8, 4) is 5.75 Å². The van der Waals surface area contributed by atoms with Gasteiger partial charge in [0.2, 0.25) is 0 Å². The van der Waals surface area contributed by atoms with Crippen LogP contribution in [0.1, 0.15) is 13.3 Å². The summed E-state index contributed by atoms with van der Waals surface area (Å²) in [6, 6.07) is 8.05. The van der Waals surface area contributed by atoms with E-state index in [4.69, 9.17) is 9.47 Å². The van der Waals surface area contributed by atoms with Gasteiger partial charge in [0.15, 0.2) is 0 Å². The fourth-order valence-corrected chi connectivity index (χ4v) is 1.93. The molecule has 0 aromatic heterocycles. The van der Waals surface area contributed by atoms with Crippen LogP contribution < -0.4 is 15.4 Å². The zero-order valence-corrected chi connectivity index (χ0v) is 10.9. The maximum atomic E-state index is 5.71. The Morgan fingerprint density at radius 3 is 3.11 bits per heavy atom. The zero-order valence-electron chi connectivity index (χ0n) is 10.9. The lowest BCUT2D eigenvalue weighted by molar-refractivity contribution is 0.0372. The summed E-state index contributed by atoms with van der Waals surface area (Å²) in [6.07, 6.45) is 1.25. The largest absolute Gasteiger partial charge is 0.491 e. The number of para-hydroxylation sites is 2. The van der Waals surface area contributed by atoms with Crippen molar-refractivity contribution < 1.29 is 9.47 Å². The Bertz CT molecular complexity index is 351. The molecule has 2 N–H and O–H groups in total. The topological polar surface area (TPSA) is 42.5 Å². The molecule has 1 aromatic carbocycles. The van der Waals surface area contributed by atoms with Gasteiger partial charge in [-0.25, -0.2) is 0 Å². The molecule has 1 heterocycles. The zero-order chi connectivity index (χ0) is 12.6. The SMILES string of the molecule is CCCOc1ccccc1NC[C@H]1CNCCO1. The predicted molar refractivity (Wildman–Crippen MR) is 73.3 cm³/mol. The normalized spacial score (nSPS) is 19.5. The number of rotatable bonds is 6. The molecule has 0 radical (unpaired) electrons. The highest BCUT2D eigenvalue weighted by molar-refractivity contribution is 5.56. The van der Waals surface area contributed by atoms with E-state index in [0.29, 0.717) is 0 Å². The predicted octanol–water partition coefficient (Wildman–Crippen LogP) is 1.88. The van der Waals surface area contributed by atoms with Crippen LogP contribution in [0.4, 0.5) is 5.69 Å². The lowest BCUT2D eigenvalue weighted by Gasteiger charge is -2.24. The summed E-state index contributed by atoms with van der Waals surface area (Å²) >= 11 is 0. The molecule has 0 aliphatic carbocycles. The molecule has 100 valence electrons. The van der Waals surface area contributed by atoms with Gasteiger partial charge in [-0.3, -0.25) is 0 Å². The van der Waals surface area contributed by atoms with E-state index in [1.54, 1.807) is 0 Å².